The van der Waals surface area contributed by atoms with Crippen molar-refractivity contribution in [1.29, 1.82) is 0 Å². The van der Waals surface area contributed by atoms with Gasteiger partial charge in [-0.25, -0.2) is 12.7 Å². The van der Waals surface area contributed by atoms with E-state index in [2.05, 4.69) is 14.9 Å². The third kappa shape index (κ3) is 4.81. The van der Waals surface area contributed by atoms with Crippen molar-refractivity contribution in [1.82, 2.24) is 14.5 Å². The molecule has 124 valence electrons. The first-order chi connectivity index (χ1) is 10.5. The number of H-pyrrole nitrogens is 1. The van der Waals surface area contributed by atoms with Crippen LogP contribution in [0.4, 0.5) is 0 Å². The number of esters is 1. The molecule has 0 amide bonds. The molecule has 0 spiro atoms. The van der Waals surface area contributed by atoms with E-state index in [1.165, 1.54) is 7.11 Å². The maximum atomic E-state index is 12.2. The standard InChI is InChI=1S/C14H23N3O4S/c1-21-14(18)3-2-10-22(19,20)17-8-5-12(6-9-17)11-13-4-7-15-16-13/h4,7,12H,2-3,5-6,8-11H2,1H3,(H,15,16). The van der Waals surface area contributed by atoms with E-state index in [4.69, 9.17) is 0 Å². The van der Waals surface area contributed by atoms with E-state index in [9.17, 15) is 13.2 Å². The summed E-state index contributed by atoms with van der Waals surface area (Å²) in [4.78, 5) is 11.0. The smallest absolute Gasteiger partial charge is 0.305 e. The fourth-order valence-corrected chi connectivity index (χ4v) is 4.27. The van der Waals surface area contributed by atoms with E-state index in [0.29, 0.717) is 25.4 Å². The summed E-state index contributed by atoms with van der Waals surface area (Å²) in [7, 11) is -1.96. The molecule has 8 heteroatoms. The minimum atomic E-state index is -3.27. The van der Waals surface area contributed by atoms with Gasteiger partial charge in [0, 0.05) is 31.4 Å². The van der Waals surface area contributed by atoms with Gasteiger partial charge in [0.15, 0.2) is 0 Å². The summed E-state index contributed by atoms with van der Waals surface area (Å²) in [6.07, 6.45) is 4.81. The Bertz CT molecular complexity index is 563. The third-order valence-electron chi connectivity index (χ3n) is 4.04. The van der Waals surface area contributed by atoms with Crippen molar-refractivity contribution in [2.75, 3.05) is 26.0 Å². The van der Waals surface area contributed by atoms with Crippen LogP contribution in [0.2, 0.25) is 0 Å². The number of carbonyl (C=O) groups excluding carboxylic acids is 1. The Morgan fingerprint density at radius 1 is 1.45 bits per heavy atom. The summed E-state index contributed by atoms with van der Waals surface area (Å²) < 4.78 is 30.5. The molecule has 0 atom stereocenters. The molecule has 0 aliphatic carbocycles. The number of sulfonamides is 1. The van der Waals surface area contributed by atoms with Gasteiger partial charge in [-0.15, -0.1) is 0 Å². The zero-order valence-electron chi connectivity index (χ0n) is 12.8. The number of nitrogens with one attached hydrogen (secondary N) is 1. The van der Waals surface area contributed by atoms with Crippen molar-refractivity contribution < 1.29 is 17.9 Å². The fraction of sp³-hybridized carbons (Fsp3) is 0.714. The molecule has 0 bridgehead atoms. The molecule has 1 saturated heterocycles. The summed E-state index contributed by atoms with van der Waals surface area (Å²) in [5.74, 6) is 0.128. The van der Waals surface area contributed by atoms with Gasteiger partial charge in [0.2, 0.25) is 10.0 Å². The monoisotopic (exact) mass is 329 g/mol. The van der Waals surface area contributed by atoms with Crippen LogP contribution in [0.25, 0.3) is 0 Å². The summed E-state index contributed by atoms with van der Waals surface area (Å²) in [6.45, 7) is 1.11. The molecule has 1 N–H and O–H groups in total. The number of aromatic amines is 1. The van der Waals surface area contributed by atoms with Crippen molar-refractivity contribution in [3.63, 3.8) is 0 Å². The molecule has 22 heavy (non-hydrogen) atoms. The molecule has 0 radical (unpaired) electrons. The maximum Gasteiger partial charge on any atom is 0.305 e. The van der Waals surface area contributed by atoms with Crippen LogP contribution in [0.3, 0.4) is 0 Å². The number of ether oxygens (including phenoxy) is 1. The predicted molar refractivity (Wildman–Crippen MR) is 81.6 cm³/mol. The molecule has 1 aliphatic heterocycles. The summed E-state index contributed by atoms with van der Waals surface area (Å²) in [5.41, 5.74) is 1.10. The Hall–Kier alpha value is -1.41. The first-order valence-corrected chi connectivity index (χ1v) is 9.15. The van der Waals surface area contributed by atoms with Gasteiger partial charge in [0.05, 0.1) is 12.9 Å². The molecule has 0 saturated carbocycles. The molecule has 1 fully saturated rings. The van der Waals surface area contributed by atoms with E-state index in [-0.39, 0.29) is 18.1 Å². The van der Waals surface area contributed by atoms with E-state index in [1.807, 2.05) is 6.07 Å². The number of aromatic nitrogens is 2. The van der Waals surface area contributed by atoms with Crippen molar-refractivity contribution in [3.8, 4) is 0 Å². The number of hydrogen-bond donors (Lipinski definition) is 1. The van der Waals surface area contributed by atoms with E-state index in [1.54, 1.807) is 10.5 Å². The molecule has 1 aromatic heterocycles. The van der Waals surface area contributed by atoms with Crippen LogP contribution in [-0.2, 0) is 26.0 Å². The number of piperidine rings is 1. The largest absolute Gasteiger partial charge is 0.469 e. The van der Waals surface area contributed by atoms with Gasteiger partial charge in [-0.3, -0.25) is 9.89 Å². The Kier molecular flexibility index (Phi) is 5.96. The van der Waals surface area contributed by atoms with Gasteiger partial charge in [-0.1, -0.05) is 0 Å². The van der Waals surface area contributed by atoms with E-state index < -0.39 is 10.0 Å². The molecular weight excluding hydrogens is 306 g/mol. The maximum absolute atomic E-state index is 12.2. The quantitative estimate of drug-likeness (QED) is 0.752. The third-order valence-corrected chi connectivity index (χ3v) is 6.00. The molecule has 1 aromatic rings. The van der Waals surface area contributed by atoms with Crippen LogP contribution in [0.5, 0.6) is 0 Å². The Labute approximate surface area is 131 Å². The first kappa shape index (κ1) is 17.0. The Morgan fingerprint density at radius 3 is 2.77 bits per heavy atom. The van der Waals surface area contributed by atoms with Crippen molar-refractivity contribution >= 4 is 16.0 Å². The number of carbonyl (C=O) groups is 1. The lowest BCUT2D eigenvalue weighted by atomic mass is 9.93. The number of hydrogen-bond acceptors (Lipinski definition) is 5. The van der Waals surface area contributed by atoms with E-state index in [0.717, 1.165) is 25.0 Å². The number of rotatable bonds is 7. The average Bonchev–Trinajstić information content (AvgIpc) is 3.00. The molecule has 2 rings (SSSR count). The Balaban J connectivity index is 1.76. The van der Waals surface area contributed by atoms with E-state index >= 15 is 0 Å². The first-order valence-electron chi connectivity index (χ1n) is 7.54. The van der Waals surface area contributed by atoms with Crippen LogP contribution >= 0.6 is 0 Å². The predicted octanol–water partition coefficient (Wildman–Crippen LogP) is 0.947. The van der Waals surface area contributed by atoms with Gasteiger partial charge < -0.3 is 4.74 Å². The topological polar surface area (TPSA) is 92.4 Å². The SMILES string of the molecule is COC(=O)CCCS(=O)(=O)N1CCC(Cc2ccn[nH]2)CC1. The second kappa shape index (κ2) is 7.73. The van der Waals surface area contributed by atoms with Crippen molar-refractivity contribution in [2.24, 2.45) is 5.92 Å². The van der Waals surface area contributed by atoms with Gasteiger partial charge in [-0.2, -0.15) is 5.10 Å². The summed E-state index contributed by atoms with van der Waals surface area (Å²) >= 11 is 0. The highest BCUT2D eigenvalue weighted by Gasteiger charge is 2.28. The molecule has 2 heterocycles. The second-order valence-electron chi connectivity index (χ2n) is 5.62. The second-order valence-corrected chi connectivity index (χ2v) is 7.71. The van der Waals surface area contributed by atoms with Crippen LogP contribution in [0.1, 0.15) is 31.4 Å². The highest BCUT2D eigenvalue weighted by molar-refractivity contribution is 7.89. The summed E-state index contributed by atoms with van der Waals surface area (Å²) in [5, 5.41) is 6.87. The molecule has 0 unspecified atom stereocenters. The minimum absolute atomic E-state index is 0.00726. The average molecular weight is 329 g/mol. The fourth-order valence-electron chi connectivity index (χ4n) is 2.73. The molecular formula is C14H23N3O4S. The van der Waals surface area contributed by atoms with Crippen molar-refractivity contribution in [3.05, 3.63) is 18.0 Å². The number of methoxy groups -OCH3 is 1. The zero-order chi connectivity index (χ0) is 16.0. The lowest BCUT2D eigenvalue weighted by Gasteiger charge is -2.31. The molecule has 7 nitrogen and oxygen atoms in total. The van der Waals surface area contributed by atoms with Gasteiger partial charge >= 0.3 is 5.97 Å². The van der Waals surface area contributed by atoms with Gasteiger partial charge in [-0.05, 0) is 37.7 Å². The van der Waals surface area contributed by atoms with Crippen LogP contribution in [0.15, 0.2) is 12.3 Å². The molecule has 1 aliphatic rings. The zero-order valence-corrected chi connectivity index (χ0v) is 13.6. The van der Waals surface area contributed by atoms with Crippen molar-refractivity contribution in [2.45, 2.75) is 32.1 Å². The van der Waals surface area contributed by atoms with Crippen LogP contribution in [0, 0.1) is 5.92 Å². The highest BCUT2D eigenvalue weighted by Crippen LogP contribution is 2.23. The highest BCUT2D eigenvalue weighted by atomic mass is 32.2. The van der Waals surface area contributed by atoms with Crippen LogP contribution in [-0.4, -0.2) is 54.8 Å². The lowest BCUT2D eigenvalue weighted by molar-refractivity contribution is -0.140. The van der Waals surface area contributed by atoms with Gasteiger partial charge in [0.25, 0.3) is 0 Å². The normalized spacial score (nSPS) is 17.5. The number of nitrogens with zero attached hydrogens (tertiary/aromatic N) is 2. The molecule has 0 aromatic carbocycles. The Morgan fingerprint density at radius 2 is 2.18 bits per heavy atom. The van der Waals surface area contributed by atoms with Gasteiger partial charge in [0.1, 0.15) is 0 Å². The minimum Gasteiger partial charge on any atom is -0.469 e. The lowest BCUT2D eigenvalue weighted by Crippen LogP contribution is -2.40. The summed E-state index contributed by atoms with van der Waals surface area (Å²) in [6, 6.07) is 1.95. The van der Waals surface area contributed by atoms with Crippen LogP contribution < -0.4 is 0 Å².